The molecule has 2 aromatic rings. The number of rotatable bonds is 4. The number of likely N-dealkylation sites (tertiary alicyclic amines) is 2. The fourth-order valence-electron chi connectivity index (χ4n) is 7.69. The van der Waals surface area contributed by atoms with Crippen molar-refractivity contribution in [3.05, 3.63) is 70.8 Å². The van der Waals surface area contributed by atoms with Crippen molar-refractivity contribution in [2.45, 2.75) is 67.9 Å². The van der Waals surface area contributed by atoms with Crippen LogP contribution in [0, 0.1) is 0 Å². The first-order chi connectivity index (χ1) is 17.8. The van der Waals surface area contributed by atoms with Gasteiger partial charge in [0.2, 0.25) is 0 Å². The maximum atomic E-state index is 5.36. The van der Waals surface area contributed by atoms with Gasteiger partial charge in [-0.3, -0.25) is 9.98 Å². The van der Waals surface area contributed by atoms with Gasteiger partial charge in [-0.2, -0.15) is 0 Å². The van der Waals surface area contributed by atoms with E-state index in [1.807, 2.05) is 0 Å². The van der Waals surface area contributed by atoms with Crippen molar-refractivity contribution in [2.75, 3.05) is 26.2 Å². The Morgan fingerprint density at radius 1 is 0.667 bits per heavy atom. The van der Waals surface area contributed by atoms with Crippen LogP contribution in [0.2, 0.25) is 0 Å². The summed E-state index contributed by atoms with van der Waals surface area (Å²) in [4.78, 5) is 15.6. The molecule has 0 radical (unpaired) electrons. The number of hydrogen-bond donors (Lipinski definition) is 0. The van der Waals surface area contributed by atoms with Crippen molar-refractivity contribution in [1.82, 2.24) is 9.80 Å². The summed E-state index contributed by atoms with van der Waals surface area (Å²) in [5.41, 5.74) is 6.20. The molecule has 4 atom stereocenters. The number of fused-ring (bicyclic) bond motifs is 4. The summed E-state index contributed by atoms with van der Waals surface area (Å²) in [5.74, 6) is 0.885. The Kier molecular flexibility index (Phi) is 7.61. The van der Waals surface area contributed by atoms with Gasteiger partial charge in [0, 0.05) is 43.4 Å². The molecule has 5 aliphatic rings. The summed E-state index contributed by atoms with van der Waals surface area (Å²) < 4.78 is 0. The molecule has 0 bridgehead atoms. The van der Waals surface area contributed by atoms with Crippen LogP contribution < -0.4 is 0 Å². The van der Waals surface area contributed by atoms with E-state index in [9.17, 15) is 0 Å². The van der Waals surface area contributed by atoms with E-state index in [0.29, 0.717) is 11.8 Å². The van der Waals surface area contributed by atoms with Crippen LogP contribution in [0.25, 0.3) is 0 Å². The number of aliphatic imine (C=N–C) groups is 2. The average Bonchev–Trinajstić information content (AvgIpc) is 3.12. The van der Waals surface area contributed by atoms with Crippen molar-refractivity contribution >= 4 is 41.1 Å². The molecule has 3 aliphatic carbocycles. The second-order valence-electron chi connectivity index (χ2n) is 10.7. The number of halogens is 2. The van der Waals surface area contributed by atoms with Gasteiger partial charge in [-0.25, -0.2) is 0 Å². The quantitative estimate of drug-likeness (QED) is 0.210. The summed E-state index contributed by atoms with van der Waals surface area (Å²) in [6.45, 7) is 4.59. The van der Waals surface area contributed by atoms with Gasteiger partial charge in [-0.05, 0) is 60.8 Å². The van der Waals surface area contributed by atoms with E-state index >= 15 is 0 Å². The van der Waals surface area contributed by atoms with E-state index in [1.54, 1.807) is 0 Å². The van der Waals surface area contributed by atoms with Crippen LogP contribution in [0.5, 0.6) is 0 Å². The Morgan fingerprint density at radius 2 is 1.06 bits per heavy atom. The van der Waals surface area contributed by atoms with E-state index < -0.39 is 0 Å². The zero-order valence-electron chi connectivity index (χ0n) is 20.5. The van der Waals surface area contributed by atoms with Gasteiger partial charge < -0.3 is 9.80 Å². The van der Waals surface area contributed by atoms with Crippen molar-refractivity contribution in [3.8, 4) is 0 Å². The van der Waals surface area contributed by atoms with Crippen LogP contribution >= 0.6 is 28.5 Å². The second-order valence-corrected chi connectivity index (χ2v) is 15.7. The van der Waals surface area contributed by atoms with Crippen LogP contribution in [0.1, 0.15) is 72.6 Å². The van der Waals surface area contributed by atoms with E-state index in [4.69, 9.17) is 9.98 Å². The predicted octanol–water partition coefficient (Wildman–Crippen LogP) is 6.64. The number of hydrogen-bond acceptors (Lipinski definition) is 2. The summed E-state index contributed by atoms with van der Waals surface area (Å²) >= 11 is 6.00. The standard InChI is InChI=1S/C29H34N4.2BrH.Ni/c1-7-15-32(16-8-1)19-30-27-25-21-11-3-5-13-23(21)29(25)24-14-6-4-12-22(24)26(29)28(27)31-20-33-17-9-2-10-18-33;;;/h3-6,11-14,19-20,25-28H,1-2,7-10,15-18H2;2*1H;/q;;;+4/p-2/t25?,26?,27-,28-,29?;;;/m1.../s1. The fraction of sp³-hybridized carbons (Fsp3) is 0.517. The molecule has 0 aromatic heterocycles. The van der Waals surface area contributed by atoms with E-state index in [2.05, 4.69) is 99.5 Å². The van der Waals surface area contributed by atoms with Gasteiger partial charge in [0.1, 0.15) is 0 Å². The topological polar surface area (TPSA) is 31.2 Å². The van der Waals surface area contributed by atoms with E-state index in [1.165, 1.54) is 71.7 Å². The summed E-state index contributed by atoms with van der Waals surface area (Å²) in [6.07, 6.45) is 12.2. The van der Waals surface area contributed by atoms with Gasteiger partial charge in [0.15, 0.2) is 0 Å². The third-order valence-electron chi connectivity index (χ3n) is 9.08. The maximum absolute atomic E-state index is 5.36. The predicted molar refractivity (Wildman–Crippen MR) is 152 cm³/mol. The average molecular weight is 657 g/mol. The summed E-state index contributed by atoms with van der Waals surface area (Å²) in [6, 6.07) is 18.7. The van der Waals surface area contributed by atoms with Crippen LogP contribution in [0.4, 0.5) is 0 Å². The molecule has 36 heavy (non-hydrogen) atoms. The minimum absolute atomic E-state index is 0.112. The van der Waals surface area contributed by atoms with Crippen LogP contribution in [0.3, 0.4) is 0 Å². The molecule has 2 saturated heterocycles. The van der Waals surface area contributed by atoms with Gasteiger partial charge in [0.05, 0.1) is 24.8 Å². The Hall–Kier alpha value is -1.17. The van der Waals surface area contributed by atoms with Crippen molar-refractivity contribution < 1.29 is 10.9 Å². The first-order valence-corrected chi connectivity index (χ1v) is 18.2. The molecule has 1 spiro atoms. The Labute approximate surface area is 235 Å². The van der Waals surface area contributed by atoms with E-state index in [-0.39, 0.29) is 17.5 Å². The molecule has 3 fully saturated rings. The SMILES string of the molecule is C(=N[C@@H]1C2c3ccccc3C23c2ccccc2C3[C@H]1N=CN1CCCCC1)N1CCCCC1.[Br][Ni+2][Br]. The number of piperidine rings is 2. The third kappa shape index (κ3) is 4.03. The molecule has 192 valence electrons. The van der Waals surface area contributed by atoms with Crippen molar-refractivity contribution in [2.24, 2.45) is 9.98 Å². The molecule has 2 aromatic carbocycles. The molecule has 2 aliphatic heterocycles. The zero-order valence-corrected chi connectivity index (χ0v) is 24.7. The fourth-order valence-corrected chi connectivity index (χ4v) is 7.69. The summed E-state index contributed by atoms with van der Waals surface area (Å²) in [5, 5.41) is 0. The van der Waals surface area contributed by atoms with Gasteiger partial charge >= 0.3 is 39.3 Å². The van der Waals surface area contributed by atoms with Crippen LogP contribution in [-0.2, 0) is 16.3 Å². The molecule has 7 heteroatoms. The molecule has 7 rings (SSSR count). The number of benzene rings is 2. The molecule has 0 N–H and O–H groups in total. The van der Waals surface area contributed by atoms with Crippen LogP contribution in [-0.4, -0.2) is 60.7 Å². The Morgan fingerprint density at radius 3 is 1.47 bits per heavy atom. The molecule has 4 nitrogen and oxygen atoms in total. The van der Waals surface area contributed by atoms with Gasteiger partial charge in [0.25, 0.3) is 0 Å². The van der Waals surface area contributed by atoms with E-state index in [0.717, 1.165) is 26.2 Å². The normalized spacial score (nSPS) is 32.2. The first-order valence-electron chi connectivity index (χ1n) is 13.4. The molecule has 2 unspecified atom stereocenters. The zero-order chi connectivity index (χ0) is 24.5. The molecule has 0 amide bonds. The molecular weight excluding hydrogens is 623 g/mol. The molecule has 1 saturated carbocycles. The van der Waals surface area contributed by atoms with Gasteiger partial charge in [-0.1, -0.05) is 48.5 Å². The molecule has 2 heterocycles. The summed E-state index contributed by atoms with van der Waals surface area (Å²) in [7, 11) is 1.25. The Balaban J connectivity index is 0.000000765. The van der Waals surface area contributed by atoms with Crippen molar-refractivity contribution in [1.29, 1.82) is 0 Å². The van der Waals surface area contributed by atoms with Gasteiger partial charge in [-0.15, -0.1) is 0 Å². The third-order valence-corrected chi connectivity index (χ3v) is 9.08. The van der Waals surface area contributed by atoms with Crippen molar-refractivity contribution in [3.63, 3.8) is 0 Å². The minimum atomic E-state index is 0.112. The monoisotopic (exact) mass is 654 g/mol. The Bertz CT molecular complexity index is 1040. The van der Waals surface area contributed by atoms with Crippen LogP contribution in [0.15, 0.2) is 58.5 Å². The second kappa shape index (κ2) is 10.9. The number of nitrogens with zero attached hydrogens (tertiary/aromatic N) is 4. The first kappa shape index (κ1) is 25.1. The molecular formula is C29H34Br2N4Ni+2.